The minimum absolute atomic E-state index is 0.0317. The molecule has 21 heteroatoms. The third-order valence-corrected chi connectivity index (χ3v) is 9.73. The van der Waals surface area contributed by atoms with Gasteiger partial charge in [-0.05, 0) is 37.3 Å². The summed E-state index contributed by atoms with van der Waals surface area (Å²) < 4.78 is 51.8. The number of amides is 2. The number of carboxylic acid groups (broad SMARTS) is 1. The van der Waals surface area contributed by atoms with Crippen molar-refractivity contribution in [2.24, 2.45) is 5.92 Å². The number of carboxylic acids is 1. The lowest BCUT2D eigenvalue weighted by Crippen LogP contribution is -2.61. The van der Waals surface area contributed by atoms with Crippen molar-refractivity contribution in [3.8, 4) is 11.5 Å². The standard InChI is InChI=1S/C43H63N5O16/c1-3-44-38(51)12-14-56-16-18-58-20-21-59-19-17-57-15-13-48-29-33(46-47-48)30-61-23-22-60-24-25-62-43(42(54)55)27-36(49)31(2)40(64-43)39(52)37(50)28-45-41(53)32-8-7-11-35(26-32)63-34-9-5-4-6-10-34/h4-11,26,29,31,36-37,39-40,49-50,52H,3,12-25,27-28,30H2,1-2H3,(H,44,51)(H,45,53)(H,54,55)/t31-,36+,37-,39-,40-,43-/m1/s1. The molecule has 356 valence electrons. The quantitative estimate of drug-likeness (QED) is 0.0464. The molecule has 0 bridgehead atoms. The number of aliphatic carboxylic acids is 1. The van der Waals surface area contributed by atoms with Crippen LogP contribution in [-0.2, 0) is 60.6 Å². The summed E-state index contributed by atoms with van der Waals surface area (Å²) in [5.41, 5.74) is 0.848. The van der Waals surface area contributed by atoms with Gasteiger partial charge in [-0.15, -0.1) is 5.10 Å². The maximum atomic E-state index is 12.9. The molecule has 0 unspecified atom stereocenters. The number of aliphatic hydroxyl groups is 3. The molecule has 0 spiro atoms. The summed E-state index contributed by atoms with van der Waals surface area (Å²) in [5, 5.41) is 56.3. The fraction of sp³-hybridized carbons (Fsp3) is 0.605. The van der Waals surface area contributed by atoms with Crippen molar-refractivity contribution in [2.75, 3.05) is 92.4 Å². The summed E-state index contributed by atoms with van der Waals surface area (Å²) in [7, 11) is 0. The lowest BCUT2D eigenvalue weighted by Gasteiger charge is -2.45. The molecule has 0 radical (unpaired) electrons. The fourth-order valence-corrected chi connectivity index (χ4v) is 6.24. The Balaban J connectivity index is 1.05. The van der Waals surface area contributed by atoms with Gasteiger partial charge in [-0.2, -0.15) is 0 Å². The highest BCUT2D eigenvalue weighted by atomic mass is 16.7. The molecule has 1 aliphatic rings. The van der Waals surface area contributed by atoms with Crippen LogP contribution in [0, 0.1) is 5.92 Å². The van der Waals surface area contributed by atoms with Crippen LogP contribution in [0.5, 0.6) is 11.5 Å². The molecule has 0 saturated carbocycles. The molecule has 1 aromatic heterocycles. The molecule has 6 N–H and O–H groups in total. The van der Waals surface area contributed by atoms with Crippen molar-refractivity contribution in [3.63, 3.8) is 0 Å². The number of hydrogen-bond donors (Lipinski definition) is 6. The van der Waals surface area contributed by atoms with Crippen molar-refractivity contribution >= 4 is 17.8 Å². The molecular weight excluding hydrogens is 842 g/mol. The van der Waals surface area contributed by atoms with E-state index in [1.54, 1.807) is 48.1 Å². The van der Waals surface area contributed by atoms with Crippen LogP contribution in [0.25, 0.3) is 0 Å². The minimum Gasteiger partial charge on any atom is -0.477 e. The first-order valence-electron chi connectivity index (χ1n) is 21.3. The van der Waals surface area contributed by atoms with E-state index in [2.05, 4.69) is 20.9 Å². The van der Waals surface area contributed by atoms with Crippen molar-refractivity contribution in [3.05, 3.63) is 72.1 Å². The van der Waals surface area contributed by atoms with E-state index in [4.69, 9.17) is 42.6 Å². The van der Waals surface area contributed by atoms with Crippen LogP contribution >= 0.6 is 0 Å². The number of nitrogens with one attached hydrogen (secondary N) is 2. The van der Waals surface area contributed by atoms with Crippen LogP contribution in [0.4, 0.5) is 0 Å². The van der Waals surface area contributed by atoms with Gasteiger partial charge < -0.3 is 73.7 Å². The molecule has 0 aliphatic carbocycles. The monoisotopic (exact) mass is 905 g/mol. The summed E-state index contributed by atoms with van der Waals surface area (Å²) in [5.74, 6) is -4.25. The Hall–Kier alpha value is -4.65. The lowest BCUT2D eigenvalue weighted by atomic mass is 9.84. The first kappa shape index (κ1) is 52.0. The molecule has 2 heterocycles. The summed E-state index contributed by atoms with van der Waals surface area (Å²) in [4.78, 5) is 36.7. The average molecular weight is 906 g/mol. The van der Waals surface area contributed by atoms with Crippen molar-refractivity contribution in [2.45, 2.75) is 70.0 Å². The number of ether oxygens (including phenoxy) is 9. The SMILES string of the molecule is CCNC(=O)CCOCCOCCOCCOCCn1cc(COCCOCCO[C@]2(C(=O)O)C[C@H](O)[C@@H](C)[C@H]([C@H](O)[C@H](O)CNC(=O)c3cccc(Oc4ccccc4)c3)O2)nn1. The molecule has 64 heavy (non-hydrogen) atoms. The minimum atomic E-state index is -2.34. The Morgan fingerprint density at radius 1 is 0.828 bits per heavy atom. The van der Waals surface area contributed by atoms with Crippen molar-refractivity contribution in [1.29, 1.82) is 0 Å². The average Bonchev–Trinajstić information content (AvgIpc) is 3.75. The van der Waals surface area contributed by atoms with Gasteiger partial charge in [0, 0.05) is 37.4 Å². The summed E-state index contributed by atoms with van der Waals surface area (Å²) in [6.45, 7) is 7.61. The third kappa shape index (κ3) is 18.4. The fourth-order valence-electron chi connectivity index (χ4n) is 6.24. The van der Waals surface area contributed by atoms with Gasteiger partial charge >= 0.3 is 5.97 Å². The molecule has 21 nitrogen and oxygen atoms in total. The zero-order chi connectivity index (χ0) is 46.0. The highest BCUT2D eigenvalue weighted by molar-refractivity contribution is 5.94. The number of hydrogen-bond acceptors (Lipinski definition) is 17. The summed E-state index contributed by atoms with van der Waals surface area (Å²) in [6.07, 6.45) is -4.32. The van der Waals surface area contributed by atoms with Gasteiger partial charge in [0.15, 0.2) is 0 Å². The number of nitrogens with zero attached hydrogens (tertiary/aromatic N) is 3. The van der Waals surface area contributed by atoms with Gasteiger partial charge in [0.1, 0.15) is 23.3 Å². The van der Waals surface area contributed by atoms with Crippen molar-refractivity contribution < 1.29 is 77.4 Å². The third-order valence-electron chi connectivity index (χ3n) is 9.73. The van der Waals surface area contributed by atoms with Crippen LogP contribution in [0.3, 0.4) is 0 Å². The highest BCUT2D eigenvalue weighted by Gasteiger charge is 2.54. The Labute approximate surface area is 372 Å². The Kier molecular flexibility index (Phi) is 23.6. The van der Waals surface area contributed by atoms with Crippen LogP contribution in [0.1, 0.15) is 42.7 Å². The van der Waals surface area contributed by atoms with E-state index >= 15 is 0 Å². The van der Waals surface area contributed by atoms with Crippen LogP contribution in [-0.4, -0.2) is 176 Å². The number of benzene rings is 2. The predicted octanol–water partition coefficient (Wildman–Crippen LogP) is 0.931. The van der Waals surface area contributed by atoms with E-state index in [0.717, 1.165) is 0 Å². The predicted molar refractivity (Wildman–Crippen MR) is 225 cm³/mol. The molecule has 2 amide bonds. The molecular formula is C43H63N5O16. The molecule has 2 aromatic carbocycles. The number of aromatic nitrogens is 3. The summed E-state index contributed by atoms with van der Waals surface area (Å²) >= 11 is 0. The second-order valence-electron chi connectivity index (χ2n) is 14.6. The van der Waals surface area contributed by atoms with Gasteiger partial charge in [-0.3, -0.25) is 9.59 Å². The topological polar surface area (TPSA) is 270 Å². The Morgan fingerprint density at radius 3 is 2.12 bits per heavy atom. The largest absolute Gasteiger partial charge is 0.477 e. The lowest BCUT2D eigenvalue weighted by molar-refractivity contribution is -0.318. The van der Waals surface area contributed by atoms with Gasteiger partial charge in [0.2, 0.25) is 5.91 Å². The highest BCUT2D eigenvalue weighted by Crippen LogP contribution is 2.36. The second kappa shape index (κ2) is 29.0. The maximum Gasteiger partial charge on any atom is 0.364 e. The van der Waals surface area contributed by atoms with Gasteiger partial charge in [-0.1, -0.05) is 36.4 Å². The molecule has 1 fully saturated rings. The van der Waals surface area contributed by atoms with Gasteiger partial charge in [0.25, 0.3) is 11.7 Å². The number of carbonyl (C=O) groups is 3. The molecule has 1 aliphatic heterocycles. The maximum absolute atomic E-state index is 12.9. The molecule has 6 atom stereocenters. The number of rotatable bonds is 33. The van der Waals surface area contributed by atoms with Crippen molar-refractivity contribution in [1.82, 2.24) is 25.6 Å². The van der Waals surface area contributed by atoms with E-state index in [9.17, 15) is 34.8 Å². The van der Waals surface area contributed by atoms with E-state index in [1.165, 1.54) is 6.07 Å². The van der Waals surface area contributed by atoms with E-state index in [1.807, 2.05) is 25.1 Å². The van der Waals surface area contributed by atoms with E-state index in [0.29, 0.717) is 89.6 Å². The van der Waals surface area contributed by atoms with Gasteiger partial charge in [-0.25, -0.2) is 9.48 Å². The van der Waals surface area contributed by atoms with E-state index in [-0.39, 0.29) is 44.5 Å². The second-order valence-corrected chi connectivity index (χ2v) is 14.6. The molecule has 4 rings (SSSR count). The summed E-state index contributed by atoms with van der Waals surface area (Å²) in [6, 6.07) is 15.4. The van der Waals surface area contributed by atoms with Crippen LogP contribution < -0.4 is 15.4 Å². The first-order chi connectivity index (χ1) is 31.0. The van der Waals surface area contributed by atoms with Crippen LogP contribution in [0.15, 0.2) is 60.8 Å². The number of carbonyl (C=O) groups excluding carboxylic acids is 2. The molecule has 1 saturated heterocycles. The number of para-hydroxylation sites is 1. The van der Waals surface area contributed by atoms with E-state index < -0.39 is 61.0 Å². The number of aliphatic hydroxyl groups excluding tert-OH is 3. The Morgan fingerprint density at radius 2 is 1.45 bits per heavy atom. The zero-order valence-corrected chi connectivity index (χ0v) is 36.4. The smallest absolute Gasteiger partial charge is 0.364 e. The first-order valence-corrected chi connectivity index (χ1v) is 21.3. The van der Waals surface area contributed by atoms with Crippen LogP contribution in [0.2, 0.25) is 0 Å². The van der Waals surface area contributed by atoms with Gasteiger partial charge in [0.05, 0.1) is 117 Å². The molecule has 3 aromatic rings. The Bertz CT molecular complexity index is 1790. The normalized spacial score (nSPS) is 19.5. The zero-order valence-electron chi connectivity index (χ0n) is 36.4.